The number of aromatic nitrogens is 2. The lowest BCUT2D eigenvalue weighted by Crippen LogP contribution is -1.79. The number of hydrogen-bond acceptors (Lipinski definition) is 5. The van der Waals surface area contributed by atoms with E-state index in [0.717, 1.165) is 18.9 Å². The molecule has 0 fully saturated rings. The first-order valence-corrected chi connectivity index (χ1v) is 8.34. The third-order valence-electron chi connectivity index (χ3n) is 1.84. The smallest absolute Gasteiger partial charge is 0.131 e. The normalized spacial score (nSPS) is 10.6. The molecule has 1 heterocycles. The summed E-state index contributed by atoms with van der Waals surface area (Å²) in [5.74, 6) is 0.941. The maximum atomic E-state index is 4.12. The van der Waals surface area contributed by atoms with E-state index in [4.69, 9.17) is 0 Å². The van der Waals surface area contributed by atoms with Gasteiger partial charge in [0.25, 0.3) is 0 Å². The van der Waals surface area contributed by atoms with Gasteiger partial charge in [-0.3, -0.25) is 0 Å². The van der Waals surface area contributed by atoms with Crippen molar-refractivity contribution in [1.29, 1.82) is 0 Å². The van der Waals surface area contributed by atoms with Crippen molar-refractivity contribution in [2.45, 2.75) is 14.4 Å². The molecule has 84 valence electrons. The quantitative estimate of drug-likeness (QED) is 0.779. The molecule has 0 amide bonds. The van der Waals surface area contributed by atoms with Crippen LogP contribution in [0.1, 0.15) is 5.56 Å². The Hall–Kier alpha value is -0.0400. The summed E-state index contributed by atoms with van der Waals surface area (Å²) in [6, 6.07) is 8.35. The molecule has 1 aromatic heterocycles. The number of nitrogens with zero attached hydrogens (tertiary/aromatic N) is 2. The van der Waals surface area contributed by atoms with E-state index in [2.05, 4.69) is 50.4 Å². The molecule has 2 rings (SSSR count). The molecular formula is C10H9BrN2S3. The van der Waals surface area contributed by atoms with Crippen LogP contribution in [-0.2, 0) is 5.75 Å². The third-order valence-corrected chi connectivity index (χ3v) is 5.47. The molecule has 0 saturated heterocycles. The van der Waals surface area contributed by atoms with Crippen molar-refractivity contribution in [2.75, 3.05) is 6.26 Å². The van der Waals surface area contributed by atoms with Gasteiger partial charge >= 0.3 is 0 Å². The molecule has 0 bridgehead atoms. The molecule has 6 heteroatoms. The van der Waals surface area contributed by atoms with E-state index in [0.29, 0.717) is 0 Å². The molecule has 0 aliphatic heterocycles. The summed E-state index contributed by atoms with van der Waals surface area (Å²) in [7, 11) is 0. The van der Waals surface area contributed by atoms with Gasteiger partial charge in [-0.05, 0) is 24.0 Å². The van der Waals surface area contributed by atoms with E-state index in [9.17, 15) is 0 Å². The number of thioether (sulfide) groups is 2. The zero-order chi connectivity index (χ0) is 11.4. The van der Waals surface area contributed by atoms with Crippen molar-refractivity contribution in [3.05, 3.63) is 34.3 Å². The van der Waals surface area contributed by atoms with Crippen LogP contribution in [0.5, 0.6) is 0 Å². The van der Waals surface area contributed by atoms with Crippen LogP contribution in [0.2, 0.25) is 0 Å². The molecule has 1 aromatic carbocycles. The minimum atomic E-state index is 0.941. The van der Waals surface area contributed by atoms with Crippen LogP contribution in [-0.4, -0.2) is 16.5 Å². The van der Waals surface area contributed by atoms with Gasteiger partial charge in [-0.15, -0.1) is 10.2 Å². The fourth-order valence-corrected chi connectivity index (χ4v) is 3.72. The highest BCUT2D eigenvalue weighted by molar-refractivity contribution is 9.10. The van der Waals surface area contributed by atoms with Crippen molar-refractivity contribution in [3.63, 3.8) is 0 Å². The Balaban J connectivity index is 1.94. The van der Waals surface area contributed by atoms with Gasteiger partial charge in [-0.25, -0.2) is 0 Å². The van der Waals surface area contributed by atoms with Crippen molar-refractivity contribution >= 4 is 50.8 Å². The highest BCUT2D eigenvalue weighted by Gasteiger charge is 2.03. The molecule has 0 aliphatic carbocycles. The van der Waals surface area contributed by atoms with Gasteiger partial charge in [-0.2, -0.15) is 0 Å². The van der Waals surface area contributed by atoms with Crippen LogP contribution in [0, 0.1) is 0 Å². The minimum absolute atomic E-state index is 0.941. The second-order valence-electron chi connectivity index (χ2n) is 2.95. The predicted octanol–water partition coefficient (Wildman–Crippen LogP) is 4.31. The van der Waals surface area contributed by atoms with Crippen molar-refractivity contribution in [2.24, 2.45) is 0 Å². The van der Waals surface area contributed by atoms with Crippen molar-refractivity contribution in [3.8, 4) is 0 Å². The average Bonchev–Trinajstić information content (AvgIpc) is 2.76. The number of halogens is 1. The van der Waals surface area contributed by atoms with Crippen LogP contribution < -0.4 is 0 Å². The van der Waals surface area contributed by atoms with E-state index in [1.165, 1.54) is 5.56 Å². The van der Waals surface area contributed by atoms with Gasteiger partial charge < -0.3 is 0 Å². The Morgan fingerprint density at radius 3 is 2.50 bits per heavy atom. The molecule has 0 radical (unpaired) electrons. The van der Waals surface area contributed by atoms with E-state index in [-0.39, 0.29) is 0 Å². The van der Waals surface area contributed by atoms with Crippen LogP contribution in [0.4, 0.5) is 0 Å². The zero-order valence-corrected chi connectivity index (χ0v) is 12.5. The van der Waals surface area contributed by atoms with E-state index >= 15 is 0 Å². The number of rotatable bonds is 4. The Morgan fingerprint density at radius 2 is 1.88 bits per heavy atom. The summed E-state index contributed by atoms with van der Waals surface area (Å²) < 4.78 is 3.17. The first-order valence-electron chi connectivity index (χ1n) is 4.52. The molecule has 0 unspecified atom stereocenters. The molecule has 0 aliphatic rings. The zero-order valence-electron chi connectivity index (χ0n) is 8.51. The predicted molar refractivity (Wildman–Crippen MR) is 75.4 cm³/mol. The second-order valence-corrected chi connectivity index (χ2v) is 7.12. The average molecular weight is 333 g/mol. The summed E-state index contributed by atoms with van der Waals surface area (Å²) in [6.45, 7) is 0. The molecule has 16 heavy (non-hydrogen) atoms. The Kier molecular flexibility index (Phi) is 4.69. The summed E-state index contributed by atoms with van der Waals surface area (Å²) in [5.41, 5.74) is 1.30. The van der Waals surface area contributed by atoms with E-state index < -0.39 is 0 Å². The fourth-order valence-electron chi connectivity index (χ4n) is 1.06. The molecular weight excluding hydrogens is 324 g/mol. The summed E-state index contributed by atoms with van der Waals surface area (Å²) in [5, 5.41) is 8.19. The highest BCUT2D eigenvalue weighted by atomic mass is 79.9. The molecule has 0 atom stereocenters. The van der Waals surface area contributed by atoms with Gasteiger partial charge in [0, 0.05) is 10.2 Å². The topological polar surface area (TPSA) is 25.8 Å². The third kappa shape index (κ3) is 3.48. The van der Waals surface area contributed by atoms with Crippen molar-refractivity contribution < 1.29 is 0 Å². The number of hydrogen-bond donors (Lipinski definition) is 0. The molecule has 2 aromatic rings. The largest absolute Gasteiger partial charge is 0.175 e. The van der Waals surface area contributed by atoms with Crippen LogP contribution in [0.25, 0.3) is 0 Å². The summed E-state index contributed by atoms with van der Waals surface area (Å²) >= 11 is 8.44. The standard InChI is InChI=1S/C10H9BrN2S3/c1-14-9-12-13-10(16-9)15-6-7-2-4-8(11)5-3-7/h2-5H,6H2,1H3. The molecule has 0 saturated carbocycles. The van der Waals surface area contributed by atoms with Gasteiger partial charge in [0.05, 0.1) is 0 Å². The van der Waals surface area contributed by atoms with E-state index in [1.807, 2.05) is 6.26 Å². The minimum Gasteiger partial charge on any atom is -0.131 e. The Morgan fingerprint density at radius 1 is 1.19 bits per heavy atom. The monoisotopic (exact) mass is 332 g/mol. The van der Waals surface area contributed by atoms with Crippen LogP contribution in [0.15, 0.2) is 37.4 Å². The van der Waals surface area contributed by atoms with Gasteiger partial charge in [0.1, 0.15) is 0 Å². The van der Waals surface area contributed by atoms with Gasteiger partial charge in [-0.1, -0.05) is 62.9 Å². The van der Waals surface area contributed by atoms with Crippen molar-refractivity contribution in [1.82, 2.24) is 10.2 Å². The fraction of sp³-hybridized carbons (Fsp3) is 0.200. The molecule has 2 nitrogen and oxygen atoms in total. The number of benzene rings is 1. The first-order chi connectivity index (χ1) is 7.78. The lowest BCUT2D eigenvalue weighted by atomic mass is 10.2. The Labute approximate surface area is 115 Å². The Bertz CT molecular complexity index is 455. The maximum absolute atomic E-state index is 4.12. The van der Waals surface area contributed by atoms with Crippen LogP contribution >= 0.6 is 50.8 Å². The summed E-state index contributed by atoms with van der Waals surface area (Å²) in [6.07, 6.45) is 2.02. The lowest BCUT2D eigenvalue weighted by molar-refractivity contribution is 0.955. The maximum Gasteiger partial charge on any atom is 0.175 e. The SMILES string of the molecule is CSc1nnc(SCc2ccc(Br)cc2)s1. The van der Waals surface area contributed by atoms with E-state index in [1.54, 1.807) is 34.9 Å². The van der Waals surface area contributed by atoms with Gasteiger partial charge in [0.2, 0.25) is 0 Å². The van der Waals surface area contributed by atoms with Gasteiger partial charge in [0.15, 0.2) is 8.68 Å². The summed E-state index contributed by atoms with van der Waals surface area (Å²) in [4.78, 5) is 0. The highest BCUT2D eigenvalue weighted by Crippen LogP contribution is 2.29. The second kappa shape index (κ2) is 6.05. The van der Waals surface area contributed by atoms with Crippen LogP contribution in [0.3, 0.4) is 0 Å². The molecule has 0 N–H and O–H groups in total. The lowest BCUT2D eigenvalue weighted by Gasteiger charge is -1.98. The molecule has 0 spiro atoms. The first kappa shape index (κ1) is 12.4.